The quantitative estimate of drug-likeness (QED) is 0.286. The van der Waals surface area contributed by atoms with Gasteiger partial charge in [0.2, 0.25) is 0 Å². The van der Waals surface area contributed by atoms with Gasteiger partial charge in [0.05, 0.1) is 5.69 Å². The van der Waals surface area contributed by atoms with Crippen molar-refractivity contribution in [3.8, 4) is 28.3 Å². The standard InChI is InChI=1S/C15H16N.C11H9NO.Ir/c1-11(2)14-9-15(16-10-12(14)3)13-7-5-4-6-8-13;13-11-7-2-1-5-9(11)10-6-3-4-8-12-10;/h4-7,9-11H,1-3H3;1-8,13H;/q-1;;/i3D3,11D;;. The van der Waals surface area contributed by atoms with Gasteiger partial charge in [-0.1, -0.05) is 38.1 Å². The van der Waals surface area contributed by atoms with E-state index in [4.69, 9.17) is 5.48 Å². The summed E-state index contributed by atoms with van der Waals surface area (Å²) in [4.78, 5) is 8.36. The molecule has 4 aromatic rings. The third-order valence-corrected chi connectivity index (χ3v) is 4.27. The van der Waals surface area contributed by atoms with Crippen LogP contribution in [0.15, 0.2) is 85.2 Å². The molecule has 0 bridgehead atoms. The number of hydrogen-bond donors (Lipinski definition) is 1. The van der Waals surface area contributed by atoms with E-state index in [2.05, 4.69) is 16.0 Å². The minimum absolute atomic E-state index is 0. The molecule has 4 heteroatoms. The van der Waals surface area contributed by atoms with Gasteiger partial charge in [-0.05, 0) is 53.8 Å². The number of para-hydroxylation sites is 1. The number of benzene rings is 2. The molecule has 0 unspecified atom stereocenters. The van der Waals surface area contributed by atoms with Crippen LogP contribution in [0.5, 0.6) is 5.75 Å². The van der Waals surface area contributed by atoms with E-state index in [0.717, 1.165) is 16.8 Å². The topological polar surface area (TPSA) is 46.0 Å². The molecule has 2 aromatic carbocycles. The van der Waals surface area contributed by atoms with Gasteiger partial charge in [-0.25, -0.2) is 0 Å². The normalized spacial score (nSPS) is 12.7. The van der Waals surface area contributed by atoms with Crippen LogP contribution in [0, 0.1) is 12.9 Å². The second-order valence-corrected chi connectivity index (χ2v) is 6.62. The molecule has 0 aliphatic heterocycles. The molecule has 0 spiro atoms. The molecule has 30 heavy (non-hydrogen) atoms. The Bertz CT molecular complexity index is 1190. The zero-order chi connectivity index (χ0) is 24.1. The fourth-order valence-corrected chi connectivity index (χ4v) is 2.78. The summed E-state index contributed by atoms with van der Waals surface area (Å²) in [5, 5.41) is 9.52. The molecule has 0 aliphatic carbocycles. The zero-order valence-corrected chi connectivity index (χ0v) is 19.2. The number of phenols is 1. The third kappa shape index (κ3) is 6.09. The second-order valence-electron chi connectivity index (χ2n) is 6.62. The molecule has 0 saturated heterocycles. The summed E-state index contributed by atoms with van der Waals surface area (Å²) in [6.07, 6.45) is 3.07. The van der Waals surface area contributed by atoms with Gasteiger partial charge in [0.15, 0.2) is 0 Å². The maximum Gasteiger partial charge on any atom is 0.124 e. The Kier molecular flexibility index (Phi) is 6.84. The monoisotopic (exact) mass is 578 g/mol. The first-order valence-corrected chi connectivity index (χ1v) is 9.25. The van der Waals surface area contributed by atoms with E-state index in [1.54, 1.807) is 44.3 Å². The Morgan fingerprint density at radius 2 is 1.73 bits per heavy atom. The minimum atomic E-state index is -2.26. The number of pyridine rings is 2. The summed E-state index contributed by atoms with van der Waals surface area (Å²) in [7, 11) is 0. The Hall–Kier alpha value is -2.81. The predicted octanol–water partition coefficient (Wildman–Crippen LogP) is 6.43. The van der Waals surface area contributed by atoms with Crippen LogP contribution in [0.3, 0.4) is 0 Å². The van der Waals surface area contributed by atoms with Crippen LogP contribution < -0.4 is 0 Å². The number of rotatable bonds is 3. The van der Waals surface area contributed by atoms with Gasteiger partial charge in [0, 0.05) is 43.5 Å². The number of phenolic OH excluding ortho intramolecular Hbond substituents is 1. The van der Waals surface area contributed by atoms with E-state index in [-0.39, 0.29) is 31.4 Å². The smallest absolute Gasteiger partial charge is 0.124 e. The Morgan fingerprint density at radius 1 is 0.967 bits per heavy atom. The fraction of sp³-hybridized carbons (Fsp3) is 0.154. The number of hydrogen-bond acceptors (Lipinski definition) is 3. The SMILES string of the molecule is Oc1ccccc1-c1ccccn1.[2H]C([2H])([2H])c1cnc(-c2[c-]cccc2)cc1C([2H])(C)C.[Ir]. The molecule has 3 nitrogen and oxygen atoms in total. The average molecular weight is 578 g/mol. The van der Waals surface area contributed by atoms with Crippen molar-refractivity contribution in [3.05, 3.63) is 102 Å². The van der Waals surface area contributed by atoms with Crippen LogP contribution in [0.2, 0.25) is 0 Å². The van der Waals surface area contributed by atoms with Crippen molar-refractivity contribution in [3.63, 3.8) is 0 Å². The van der Waals surface area contributed by atoms with Gasteiger partial charge in [-0.2, -0.15) is 0 Å². The third-order valence-electron chi connectivity index (χ3n) is 4.27. The summed E-state index contributed by atoms with van der Waals surface area (Å²) in [5.41, 5.74) is 3.59. The summed E-state index contributed by atoms with van der Waals surface area (Å²) < 4.78 is 30.9. The molecule has 155 valence electrons. The number of aryl methyl sites for hydroxylation is 1. The summed E-state index contributed by atoms with van der Waals surface area (Å²) in [6, 6.07) is 24.9. The average Bonchev–Trinajstić information content (AvgIpc) is 2.79. The summed E-state index contributed by atoms with van der Waals surface area (Å²) >= 11 is 0. The molecular formula is C26H25IrN2O-. The van der Waals surface area contributed by atoms with E-state index in [9.17, 15) is 5.11 Å². The minimum Gasteiger partial charge on any atom is -0.507 e. The first kappa shape index (κ1) is 18.0. The van der Waals surface area contributed by atoms with Crippen molar-refractivity contribution in [2.45, 2.75) is 26.6 Å². The first-order chi connectivity index (χ1) is 15.6. The molecule has 4 rings (SSSR count). The van der Waals surface area contributed by atoms with Crippen molar-refractivity contribution < 1.29 is 30.7 Å². The van der Waals surface area contributed by atoms with Crippen LogP contribution in [-0.4, -0.2) is 15.1 Å². The van der Waals surface area contributed by atoms with Crippen LogP contribution in [-0.2, 0) is 20.1 Å². The van der Waals surface area contributed by atoms with Crippen LogP contribution in [0.1, 0.15) is 36.4 Å². The largest absolute Gasteiger partial charge is 0.507 e. The van der Waals surface area contributed by atoms with Crippen molar-refractivity contribution in [1.29, 1.82) is 0 Å². The number of aromatic hydroxyl groups is 1. The van der Waals surface area contributed by atoms with Crippen molar-refractivity contribution in [2.75, 3.05) is 0 Å². The van der Waals surface area contributed by atoms with Crippen molar-refractivity contribution >= 4 is 0 Å². The molecular weight excluding hydrogens is 549 g/mol. The molecule has 0 aliphatic rings. The molecule has 2 aromatic heterocycles. The maximum absolute atomic E-state index is 9.52. The van der Waals surface area contributed by atoms with E-state index in [1.165, 1.54) is 6.20 Å². The Labute approximate surface area is 197 Å². The fourth-order valence-electron chi connectivity index (χ4n) is 2.78. The van der Waals surface area contributed by atoms with Crippen molar-refractivity contribution in [1.82, 2.24) is 9.97 Å². The molecule has 1 radical (unpaired) electrons. The molecule has 0 amide bonds. The van der Waals surface area contributed by atoms with Crippen molar-refractivity contribution in [2.24, 2.45) is 0 Å². The summed E-state index contributed by atoms with van der Waals surface area (Å²) in [6.45, 7) is 1.09. The molecule has 0 fully saturated rings. The van der Waals surface area contributed by atoms with Gasteiger partial charge in [0.1, 0.15) is 5.75 Å². The van der Waals surface area contributed by atoms with Crippen LogP contribution in [0.4, 0.5) is 0 Å². The Balaban J connectivity index is 0.000000253. The van der Waals surface area contributed by atoms with Gasteiger partial charge in [-0.3, -0.25) is 4.98 Å². The zero-order valence-electron chi connectivity index (χ0n) is 20.8. The van der Waals surface area contributed by atoms with Gasteiger partial charge in [0.25, 0.3) is 0 Å². The van der Waals surface area contributed by atoms with Gasteiger partial charge >= 0.3 is 0 Å². The van der Waals surface area contributed by atoms with E-state index in [0.29, 0.717) is 11.3 Å². The number of aromatic nitrogens is 2. The van der Waals surface area contributed by atoms with Crippen LogP contribution in [0.25, 0.3) is 22.5 Å². The molecule has 0 atom stereocenters. The predicted molar refractivity (Wildman–Crippen MR) is 119 cm³/mol. The molecule has 2 heterocycles. The van der Waals surface area contributed by atoms with E-state index in [1.807, 2.05) is 48.5 Å². The number of nitrogens with zero attached hydrogens (tertiary/aromatic N) is 2. The maximum atomic E-state index is 9.52. The van der Waals surface area contributed by atoms with E-state index < -0.39 is 12.7 Å². The van der Waals surface area contributed by atoms with Gasteiger partial charge < -0.3 is 10.1 Å². The summed E-state index contributed by atoms with van der Waals surface area (Å²) in [5.74, 6) is -0.739. The second kappa shape index (κ2) is 11.4. The van der Waals surface area contributed by atoms with E-state index >= 15 is 0 Å². The first-order valence-electron chi connectivity index (χ1n) is 11.2. The molecule has 1 N–H and O–H groups in total. The van der Waals surface area contributed by atoms with Crippen LogP contribution >= 0.6 is 0 Å². The molecule has 0 saturated carbocycles. The Morgan fingerprint density at radius 3 is 2.37 bits per heavy atom. The van der Waals surface area contributed by atoms with Gasteiger partial charge in [-0.15, -0.1) is 35.9 Å².